The van der Waals surface area contributed by atoms with E-state index in [1.54, 1.807) is 0 Å². The monoisotopic (exact) mass is 371 g/mol. The van der Waals surface area contributed by atoms with E-state index in [4.69, 9.17) is 16.3 Å². The number of nitrogens with zero attached hydrogens (tertiary/aromatic N) is 2. The van der Waals surface area contributed by atoms with Gasteiger partial charge in [-0.2, -0.15) is 18.3 Å². The number of anilines is 1. The zero-order chi connectivity index (χ0) is 18.3. The molecule has 25 heavy (non-hydrogen) atoms. The van der Waals surface area contributed by atoms with Gasteiger partial charge in [0.2, 0.25) is 0 Å². The number of hydrogen-bond donors (Lipinski definition) is 1. The molecule has 2 aromatic rings. The second-order valence-corrected chi connectivity index (χ2v) is 5.60. The van der Waals surface area contributed by atoms with Crippen LogP contribution in [0.4, 0.5) is 19.0 Å². The van der Waals surface area contributed by atoms with Crippen molar-refractivity contribution in [1.82, 2.24) is 4.98 Å². The van der Waals surface area contributed by atoms with Crippen molar-refractivity contribution in [3.63, 3.8) is 0 Å². The van der Waals surface area contributed by atoms with Gasteiger partial charge in [0.05, 0.1) is 23.4 Å². The second kappa shape index (κ2) is 8.71. The number of hydrazone groups is 1. The summed E-state index contributed by atoms with van der Waals surface area (Å²) in [6.07, 6.45) is -0.220. The van der Waals surface area contributed by atoms with Crippen molar-refractivity contribution in [1.29, 1.82) is 0 Å². The van der Waals surface area contributed by atoms with Crippen molar-refractivity contribution in [2.75, 3.05) is 12.0 Å². The van der Waals surface area contributed by atoms with E-state index in [1.165, 1.54) is 6.21 Å². The molecule has 0 bridgehead atoms. The first-order valence-electron chi connectivity index (χ1n) is 7.65. The van der Waals surface area contributed by atoms with Gasteiger partial charge in [0.15, 0.2) is 5.82 Å². The molecule has 0 unspecified atom stereocenters. The Morgan fingerprint density at radius 1 is 1.28 bits per heavy atom. The first kappa shape index (κ1) is 19.1. The fraction of sp³-hybridized carbons (Fsp3) is 0.294. The van der Waals surface area contributed by atoms with Gasteiger partial charge in [-0.05, 0) is 42.3 Å². The van der Waals surface area contributed by atoms with E-state index in [1.807, 2.05) is 24.3 Å². The summed E-state index contributed by atoms with van der Waals surface area (Å²) >= 11 is 5.78. The van der Waals surface area contributed by atoms with Crippen LogP contribution in [0.3, 0.4) is 0 Å². The van der Waals surface area contributed by atoms with Crippen molar-refractivity contribution in [3.8, 4) is 5.75 Å². The van der Waals surface area contributed by atoms with Gasteiger partial charge in [-0.1, -0.05) is 24.9 Å². The third-order valence-electron chi connectivity index (χ3n) is 3.20. The van der Waals surface area contributed by atoms with Crippen LogP contribution in [0, 0.1) is 0 Å². The summed E-state index contributed by atoms with van der Waals surface area (Å²) in [4.78, 5) is 3.63. The van der Waals surface area contributed by atoms with Crippen molar-refractivity contribution in [3.05, 3.63) is 52.7 Å². The van der Waals surface area contributed by atoms with E-state index in [0.29, 0.717) is 12.8 Å². The maximum absolute atomic E-state index is 12.5. The highest BCUT2D eigenvalue weighted by Crippen LogP contribution is 2.32. The minimum absolute atomic E-state index is 0.0467. The molecule has 8 heteroatoms. The molecule has 1 heterocycles. The average molecular weight is 372 g/mol. The third-order valence-corrected chi connectivity index (χ3v) is 3.49. The molecule has 0 amide bonds. The number of halogens is 4. The lowest BCUT2D eigenvalue weighted by molar-refractivity contribution is -0.137. The normalized spacial score (nSPS) is 11.7. The van der Waals surface area contributed by atoms with E-state index < -0.39 is 11.7 Å². The van der Waals surface area contributed by atoms with E-state index in [0.717, 1.165) is 30.2 Å². The number of nitrogens with one attached hydrogen (secondary N) is 1. The highest BCUT2D eigenvalue weighted by Gasteiger charge is 2.31. The predicted octanol–water partition coefficient (Wildman–Crippen LogP) is 5.38. The SMILES string of the molecule is CCCCOc1ccc(/C=N/Nc2ncc(C(F)(F)F)cc2Cl)cc1. The van der Waals surface area contributed by atoms with E-state index in [2.05, 4.69) is 22.4 Å². The standard InChI is InChI=1S/C17H17ClF3N3O/c1-2-3-8-25-14-6-4-12(5-7-14)10-23-24-16-15(18)9-13(11-22-16)17(19,20)21/h4-7,9-11H,2-3,8H2,1H3,(H,22,24)/b23-10+. The number of alkyl halides is 3. The number of benzene rings is 1. The lowest BCUT2D eigenvalue weighted by Gasteiger charge is -2.08. The highest BCUT2D eigenvalue weighted by molar-refractivity contribution is 6.32. The van der Waals surface area contributed by atoms with Gasteiger partial charge in [0, 0.05) is 6.20 Å². The molecule has 0 saturated heterocycles. The van der Waals surface area contributed by atoms with Crippen LogP contribution in [0.5, 0.6) is 5.75 Å². The van der Waals surface area contributed by atoms with E-state index >= 15 is 0 Å². The summed E-state index contributed by atoms with van der Waals surface area (Å²) in [5, 5.41) is 3.77. The summed E-state index contributed by atoms with van der Waals surface area (Å²) in [7, 11) is 0. The number of rotatable bonds is 7. The molecule has 1 aromatic heterocycles. The van der Waals surface area contributed by atoms with Gasteiger partial charge in [-0.3, -0.25) is 5.43 Å². The highest BCUT2D eigenvalue weighted by atomic mass is 35.5. The zero-order valence-corrected chi connectivity index (χ0v) is 14.2. The molecule has 0 spiro atoms. The van der Waals surface area contributed by atoms with Gasteiger partial charge < -0.3 is 4.74 Å². The van der Waals surface area contributed by atoms with E-state index in [9.17, 15) is 13.2 Å². The van der Waals surface area contributed by atoms with Crippen LogP contribution in [0.2, 0.25) is 5.02 Å². The van der Waals surface area contributed by atoms with Gasteiger partial charge in [-0.15, -0.1) is 0 Å². The Kier molecular flexibility index (Phi) is 6.64. The summed E-state index contributed by atoms with van der Waals surface area (Å²) in [6.45, 7) is 2.76. The molecule has 2 rings (SSSR count). The summed E-state index contributed by atoms with van der Waals surface area (Å²) in [5.41, 5.74) is 2.40. The molecule has 0 aliphatic rings. The van der Waals surface area contributed by atoms with Crippen LogP contribution in [0.15, 0.2) is 41.6 Å². The molecule has 4 nitrogen and oxygen atoms in total. The first-order valence-corrected chi connectivity index (χ1v) is 8.02. The Morgan fingerprint density at radius 3 is 2.60 bits per heavy atom. The molecule has 1 aromatic carbocycles. The van der Waals surface area contributed by atoms with Gasteiger partial charge >= 0.3 is 6.18 Å². The van der Waals surface area contributed by atoms with Crippen molar-refractivity contribution in [2.24, 2.45) is 5.10 Å². The van der Waals surface area contributed by atoms with Crippen LogP contribution in [-0.2, 0) is 6.18 Å². The number of unbranched alkanes of at least 4 members (excludes halogenated alkanes) is 1. The molecule has 0 fully saturated rings. The summed E-state index contributed by atoms with van der Waals surface area (Å²) < 4.78 is 43.2. The fourth-order valence-corrected chi connectivity index (χ4v) is 2.04. The minimum Gasteiger partial charge on any atom is -0.494 e. The lowest BCUT2D eigenvalue weighted by atomic mass is 10.2. The maximum atomic E-state index is 12.5. The molecular weight excluding hydrogens is 355 g/mol. The number of aromatic nitrogens is 1. The lowest BCUT2D eigenvalue weighted by Crippen LogP contribution is -2.06. The second-order valence-electron chi connectivity index (χ2n) is 5.19. The van der Waals surface area contributed by atoms with Crippen LogP contribution < -0.4 is 10.2 Å². The maximum Gasteiger partial charge on any atom is 0.417 e. The Morgan fingerprint density at radius 2 is 2.00 bits per heavy atom. The zero-order valence-electron chi connectivity index (χ0n) is 13.5. The van der Waals surface area contributed by atoms with Crippen LogP contribution in [0.25, 0.3) is 0 Å². The third kappa shape index (κ3) is 5.94. The van der Waals surface area contributed by atoms with Crippen LogP contribution in [-0.4, -0.2) is 17.8 Å². The number of hydrogen-bond acceptors (Lipinski definition) is 4. The molecule has 1 N–H and O–H groups in total. The Balaban J connectivity index is 1.94. The molecule has 0 saturated carbocycles. The fourth-order valence-electron chi connectivity index (χ4n) is 1.83. The van der Waals surface area contributed by atoms with Gasteiger partial charge in [0.1, 0.15) is 5.75 Å². The number of ether oxygens (including phenoxy) is 1. The topological polar surface area (TPSA) is 46.5 Å². The largest absolute Gasteiger partial charge is 0.494 e. The molecule has 0 aliphatic carbocycles. The Hall–Kier alpha value is -2.28. The van der Waals surface area contributed by atoms with Crippen LogP contribution in [0.1, 0.15) is 30.9 Å². The smallest absolute Gasteiger partial charge is 0.417 e. The van der Waals surface area contributed by atoms with Crippen LogP contribution >= 0.6 is 11.6 Å². The minimum atomic E-state index is -4.49. The Labute approximate surface area is 148 Å². The summed E-state index contributed by atoms with van der Waals surface area (Å²) in [6, 6.07) is 8.07. The Bertz CT molecular complexity index is 718. The molecule has 0 radical (unpaired) electrons. The number of pyridine rings is 1. The van der Waals surface area contributed by atoms with Crippen molar-refractivity contribution < 1.29 is 17.9 Å². The predicted molar refractivity (Wildman–Crippen MR) is 92.3 cm³/mol. The van der Waals surface area contributed by atoms with Gasteiger partial charge in [-0.25, -0.2) is 4.98 Å². The first-order chi connectivity index (χ1) is 11.9. The van der Waals surface area contributed by atoms with Gasteiger partial charge in [0.25, 0.3) is 0 Å². The molecule has 0 atom stereocenters. The van der Waals surface area contributed by atoms with Crippen molar-refractivity contribution >= 4 is 23.6 Å². The molecular formula is C17H17ClF3N3O. The quantitative estimate of drug-likeness (QED) is 0.404. The van der Waals surface area contributed by atoms with E-state index in [-0.39, 0.29) is 10.8 Å². The van der Waals surface area contributed by atoms with Crippen molar-refractivity contribution in [2.45, 2.75) is 25.9 Å². The molecule has 0 aliphatic heterocycles. The summed E-state index contributed by atoms with van der Waals surface area (Å²) in [5.74, 6) is 0.816. The average Bonchev–Trinajstić information content (AvgIpc) is 2.57. The molecule has 134 valence electrons.